The van der Waals surface area contributed by atoms with Gasteiger partial charge in [-0.3, -0.25) is 0 Å². The molecular weight excluding hydrogens is 279 g/mol. The first-order valence-corrected chi connectivity index (χ1v) is 7.36. The van der Waals surface area contributed by atoms with E-state index < -0.39 is 17.8 Å². The maximum atomic E-state index is 12.4. The predicted molar refractivity (Wildman–Crippen MR) is 78.0 cm³/mol. The molecule has 0 heterocycles. The molecule has 0 radical (unpaired) electrons. The number of hydrogen-bond acceptors (Lipinski definition) is 2. The molecule has 0 aliphatic heterocycles. The van der Waals surface area contributed by atoms with Crippen molar-refractivity contribution in [1.82, 2.24) is 5.32 Å². The molecule has 0 spiro atoms. The molecule has 0 bridgehead atoms. The van der Waals surface area contributed by atoms with Crippen LogP contribution in [0.5, 0.6) is 0 Å². The number of aliphatic hydroxyl groups excluding tert-OH is 1. The van der Waals surface area contributed by atoms with E-state index in [1.54, 1.807) is 0 Å². The van der Waals surface area contributed by atoms with Crippen molar-refractivity contribution in [2.45, 2.75) is 45.4 Å². The summed E-state index contributed by atoms with van der Waals surface area (Å²) in [6.07, 6.45) is -1.75. The van der Waals surface area contributed by atoms with Crippen LogP contribution in [0, 0.1) is 5.92 Å². The molecule has 120 valence electrons. The van der Waals surface area contributed by atoms with E-state index in [4.69, 9.17) is 0 Å². The number of nitrogens with one attached hydrogen (secondary N) is 1. The van der Waals surface area contributed by atoms with Crippen molar-refractivity contribution in [2.24, 2.45) is 5.92 Å². The summed E-state index contributed by atoms with van der Waals surface area (Å²) in [5.74, 6) is 0.697. The molecule has 0 saturated carbocycles. The lowest BCUT2D eigenvalue weighted by atomic mass is 10.1. The van der Waals surface area contributed by atoms with Crippen LogP contribution in [0.15, 0.2) is 24.3 Å². The Hall–Kier alpha value is -1.07. The van der Waals surface area contributed by atoms with Gasteiger partial charge in [0, 0.05) is 6.54 Å². The van der Waals surface area contributed by atoms with Crippen LogP contribution < -0.4 is 5.32 Å². The van der Waals surface area contributed by atoms with Gasteiger partial charge in [0.05, 0.1) is 11.7 Å². The van der Waals surface area contributed by atoms with Crippen LogP contribution in [0.25, 0.3) is 0 Å². The van der Waals surface area contributed by atoms with E-state index in [1.165, 1.54) is 18.6 Å². The van der Waals surface area contributed by atoms with Gasteiger partial charge < -0.3 is 10.4 Å². The minimum atomic E-state index is -4.34. The van der Waals surface area contributed by atoms with Crippen molar-refractivity contribution in [3.8, 4) is 0 Å². The van der Waals surface area contributed by atoms with Crippen molar-refractivity contribution < 1.29 is 18.3 Å². The standard InChI is InChI=1S/C16H24F3NO/c1-12(2)5-3-4-10-20-11-15(21)13-6-8-14(9-7-13)16(17,18)19/h6-9,12,15,20-21H,3-5,10-11H2,1-2H3. The van der Waals surface area contributed by atoms with Crippen LogP contribution in [0.1, 0.15) is 50.3 Å². The summed E-state index contributed by atoms with van der Waals surface area (Å²) in [4.78, 5) is 0. The average molecular weight is 303 g/mol. The first-order valence-electron chi connectivity index (χ1n) is 7.36. The third-order valence-corrected chi connectivity index (χ3v) is 3.35. The first kappa shape index (κ1) is 18.0. The Bertz CT molecular complexity index is 401. The minimum absolute atomic E-state index is 0.354. The van der Waals surface area contributed by atoms with Gasteiger partial charge >= 0.3 is 6.18 Å². The lowest BCUT2D eigenvalue weighted by Crippen LogP contribution is -2.22. The lowest BCUT2D eigenvalue weighted by Gasteiger charge is -2.14. The van der Waals surface area contributed by atoms with Crippen molar-refractivity contribution >= 4 is 0 Å². The second-order valence-electron chi connectivity index (χ2n) is 5.73. The van der Waals surface area contributed by atoms with Crippen LogP contribution in [0.3, 0.4) is 0 Å². The predicted octanol–water partition coefficient (Wildman–Crippen LogP) is 4.15. The zero-order chi connectivity index (χ0) is 15.9. The third kappa shape index (κ3) is 6.96. The summed E-state index contributed by atoms with van der Waals surface area (Å²) >= 11 is 0. The SMILES string of the molecule is CC(C)CCCCNCC(O)c1ccc(C(F)(F)F)cc1. The number of halogens is 3. The summed E-state index contributed by atoms with van der Waals surface area (Å²) in [6, 6.07) is 4.66. The van der Waals surface area contributed by atoms with Gasteiger partial charge in [-0.1, -0.05) is 38.8 Å². The number of benzene rings is 1. The molecule has 0 aliphatic carbocycles. The second-order valence-corrected chi connectivity index (χ2v) is 5.73. The van der Waals surface area contributed by atoms with Gasteiger partial charge in [-0.25, -0.2) is 0 Å². The molecular formula is C16H24F3NO. The van der Waals surface area contributed by atoms with Gasteiger partial charge in [0.2, 0.25) is 0 Å². The van der Waals surface area contributed by atoms with E-state index in [1.807, 2.05) is 0 Å². The fourth-order valence-electron chi connectivity index (χ4n) is 2.05. The van der Waals surface area contributed by atoms with Crippen molar-refractivity contribution in [3.63, 3.8) is 0 Å². The van der Waals surface area contributed by atoms with Crippen molar-refractivity contribution in [3.05, 3.63) is 35.4 Å². The molecule has 2 nitrogen and oxygen atoms in total. The molecule has 0 saturated heterocycles. The highest BCUT2D eigenvalue weighted by Crippen LogP contribution is 2.29. The highest BCUT2D eigenvalue weighted by molar-refractivity contribution is 5.26. The highest BCUT2D eigenvalue weighted by atomic mass is 19.4. The van der Waals surface area contributed by atoms with Gasteiger partial charge in [-0.2, -0.15) is 13.2 Å². The molecule has 1 rings (SSSR count). The Morgan fingerprint density at radius 1 is 1.10 bits per heavy atom. The molecule has 2 N–H and O–H groups in total. The molecule has 1 aromatic carbocycles. The van der Waals surface area contributed by atoms with E-state index in [2.05, 4.69) is 19.2 Å². The molecule has 21 heavy (non-hydrogen) atoms. The van der Waals surface area contributed by atoms with Crippen molar-refractivity contribution in [1.29, 1.82) is 0 Å². The lowest BCUT2D eigenvalue weighted by molar-refractivity contribution is -0.137. The first-order chi connectivity index (χ1) is 9.80. The molecule has 0 amide bonds. The Kier molecular flexibility index (Phi) is 7.18. The Labute approximate surface area is 124 Å². The van der Waals surface area contributed by atoms with Gasteiger partial charge in [-0.15, -0.1) is 0 Å². The highest BCUT2D eigenvalue weighted by Gasteiger charge is 2.30. The van der Waals surface area contributed by atoms with Crippen molar-refractivity contribution in [2.75, 3.05) is 13.1 Å². The smallest absolute Gasteiger partial charge is 0.387 e. The van der Waals surface area contributed by atoms with E-state index in [0.717, 1.165) is 31.5 Å². The van der Waals surface area contributed by atoms with Crippen LogP contribution in [-0.2, 0) is 6.18 Å². The summed E-state index contributed by atoms with van der Waals surface area (Å²) in [5, 5.41) is 13.0. The molecule has 1 aromatic rings. The number of unbranched alkanes of at least 4 members (excludes halogenated alkanes) is 1. The normalized spacial score (nSPS) is 13.7. The van der Waals surface area contributed by atoms with Crippen LogP contribution >= 0.6 is 0 Å². The van der Waals surface area contributed by atoms with Gasteiger partial charge in [0.15, 0.2) is 0 Å². The zero-order valence-electron chi connectivity index (χ0n) is 12.6. The average Bonchev–Trinajstić information content (AvgIpc) is 2.41. The van der Waals surface area contributed by atoms with E-state index >= 15 is 0 Å². The number of alkyl halides is 3. The van der Waals surface area contributed by atoms with Gasteiger partial charge in [-0.05, 0) is 36.6 Å². The van der Waals surface area contributed by atoms with Crippen LogP contribution in [0.2, 0.25) is 0 Å². The molecule has 1 atom stereocenters. The summed E-state index contributed by atoms with van der Waals surface area (Å²) in [5.41, 5.74) is -0.197. The van der Waals surface area contributed by atoms with E-state index in [-0.39, 0.29) is 0 Å². The third-order valence-electron chi connectivity index (χ3n) is 3.35. The molecule has 5 heteroatoms. The number of hydrogen-bond donors (Lipinski definition) is 2. The van der Waals surface area contributed by atoms with Crippen LogP contribution in [-0.4, -0.2) is 18.2 Å². The molecule has 0 aliphatic rings. The Balaban J connectivity index is 2.30. The minimum Gasteiger partial charge on any atom is -0.387 e. The Morgan fingerprint density at radius 2 is 1.71 bits per heavy atom. The van der Waals surface area contributed by atoms with E-state index in [9.17, 15) is 18.3 Å². The van der Waals surface area contributed by atoms with Gasteiger partial charge in [0.1, 0.15) is 0 Å². The fourth-order valence-corrected chi connectivity index (χ4v) is 2.05. The van der Waals surface area contributed by atoms with Crippen LogP contribution in [0.4, 0.5) is 13.2 Å². The molecule has 1 unspecified atom stereocenters. The zero-order valence-corrected chi connectivity index (χ0v) is 12.6. The summed E-state index contributed by atoms with van der Waals surface area (Å²) in [7, 11) is 0. The summed E-state index contributed by atoms with van der Waals surface area (Å²) in [6.45, 7) is 5.53. The fraction of sp³-hybridized carbons (Fsp3) is 0.625. The largest absolute Gasteiger partial charge is 0.416 e. The summed E-state index contributed by atoms with van der Waals surface area (Å²) < 4.78 is 37.3. The molecule has 0 fully saturated rings. The second kappa shape index (κ2) is 8.39. The number of aliphatic hydroxyl groups is 1. The maximum Gasteiger partial charge on any atom is 0.416 e. The van der Waals surface area contributed by atoms with Gasteiger partial charge in [0.25, 0.3) is 0 Å². The maximum absolute atomic E-state index is 12.4. The quantitative estimate of drug-likeness (QED) is 0.707. The van der Waals surface area contributed by atoms with E-state index in [0.29, 0.717) is 18.0 Å². The molecule has 0 aromatic heterocycles. The number of rotatable bonds is 8. The topological polar surface area (TPSA) is 32.3 Å². The monoisotopic (exact) mass is 303 g/mol. The Morgan fingerprint density at radius 3 is 2.24 bits per heavy atom.